The van der Waals surface area contributed by atoms with E-state index in [9.17, 15) is 9.59 Å². The third kappa shape index (κ3) is 4.72. The summed E-state index contributed by atoms with van der Waals surface area (Å²) < 4.78 is 0. The van der Waals surface area contributed by atoms with Crippen LogP contribution in [-0.4, -0.2) is 27.3 Å². The zero-order chi connectivity index (χ0) is 21.6. The molecule has 4 aromatic rings. The Labute approximate surface area is 181 Å². The lowest BCUT2D eigenvalue weighted by Gasteiger charge is -2.24. The number of nitrogens with one attached hydrogen (secondary N) is 1. The maximum Gasteiger partial charge on any atom is 0.258 e. The normalized spacial score (nSPS) is 11.0. The van der Waals surface area contributed by atoms with Crippen molar-refractivity contribution in [2.24, 2.45) is 0 Å². The zero-order valence-electron chi connectivity index (χ0n) is 17.5. The minimum absolute atomic E-state index is 0.0241. The standard InChI is InChI=1S/C26H25N3O2/c1-2-29(18-24-27-23-16-10-9-15-21(23)26(31)28-24)25(30)17-22(19-11-5-3-6-12-19)20-13-7-4-8-14-20/h3-16,22H,2,17-18H2,1H3,(H,27,28,31). The number of para-hydroxylation sites is 1. The lowest BCUT2D eigenvalue weighted by atomic mass is 9.88. The quantitative estimate of drug-likeness (QED) is 0.487. The lowest BCUT2D eigenvalue weighted by molar-refractivity contribution is -0.132. The van der Waals surface area contributed by atoms with Gasteiger partial charge < -0.3 is 9.88 Å². The van der Waals surface area contributed by atoms with Gasteiger partial charge >= 0.3 is 0 Å². The van der Waals surface area contributed by atoms with Crippen molar-refractivity contribution in [2.75, 3.05) is 6.54 Å². The first-order valence-electron chi connectivity index (χ1n) is 10.5. The van der Waals surface area contributed by atoms with Gasteiger partial charge in [0.15, 0.2) is 0 Å². The number of amides is 1. The van der Waals surface area contributed by atoms with Gasteiger partial charge in [0, 0.05) is 18.9 Å². The van der Waals surface area contributed by atoms with Gasteiger partial charge in [-0.1, -0.05) is 72.8 Å². The number of aromatic nitrogens is 2. The fraction of sp³-hybridized carbons (Fsp3) is 0.192. The summed E-state index contributed by atoms with van der Waals surface area (Å²) in [7, 11) is 0. The molecular formula is C26H25N3O2. The summed E-state index contributed by atoms with van der Waals surface area (Å²) in [6, 6.07) is 27.4. The number of hydrogen-bond donors (Lipinski definition) is 1. The first kappa shape index (κ1) is 20.5. The molecule has 0 aliphatic carbocycles. The molecule has 5 nitrogen and oxygen atoms in total. The van der Waals surface area contributed by atoms with Crippen molar-refractivity contribution in [2.45, 2.75) is 25.8 Å². The maximum absolute atomic E-state index is 13.3. The van der Waals surface area contributed by atoms with E-state index < -0.39 is 0 Å². The molecule has 1 heterocycles. The third-order valence-corrected chi connectivity index (χ3v) is 5.52. The van der Waals surface area contributed by atoms with Crippen LogP contribution in [-0.2, 0) is 11.3 Å². The van der Waals surface area contributed by atoms with E-state index in [0.717, 1.165) is 11.1 Å². The minimum atomic E-state index is -0.185. The van der Waals surface area contributed by atoms with E-state index in [1.54, 1.807) is 11.0 Å². The molecule has 0 aliphatic heterocycles. The van der Waals surface area contributed by atoms with Crippen molar-refractivity contribution in [3.8, 4) is 0 Å². The first-order valence-corrected chi connectivity index (χ1v) is 10.5. The van der Waals surface area contributed by atoms with Crippen LogP contribution < -0.4 is 5.56 Å². The van der Waals surface area contributed by atoms with E-state index in [1.807, 2.05) is 61.5 Å². The fourth-order valence-corrected chi connectivity index (χ4v) is 3.87. The molecule has 0 bridgehead atoms. The molecular weight excluding hydrogens is 386 g/mol. The Morgan fingerprint density at radius 2 is 1.48 bits per heavy atom. The van der Waals surface area contributed by atoms with Gasteiger partial charge in [0.05, 0.1) is 17.4 Å². The molecule has 0 atom stereocenters. The van der Waals surface area contributed by atoms with E-state index in [0.29, 0.717) is 29.7 Å². The molecule has 1 N–H and O–H groups in total. The average Bonchev–Trinajstić information content (AvgIpc) is 2.82. The van der Waals surface area contributed by atoms with Crippen LogP contribution in [0.4, 0.5) is 0 Å². The van der Waals surface area contributed by atoms with Crippen LogP contribution in [0.15, 0.2) is 89.7 Å². The SMILES string of the molecule is CCN(Cc1nc2ccccc2c(=O)[nH]1)C(=O)CC(c1ccccc1)c1ccccc1. The number of H-pyrrole nitrogens is 1. The second-order valence-electron chi connectivity index (χ2n) is 7.52. The largest absolute Gasteiger partial charge is 0.335 e. The summed E-state index contributed by atoms with van der Waals surface area (Å²) in [5.41, 5.74) is 2.66. The van der Waals surface area contributed by atoms with Gasteiger partial charge in [-0.25, -0.2) is 4.98 Å². The molecule has 31 heavy (non-hydrogen) atoms. The Morgan fingerprint density at radius 3 is 2.10 bits per heavy atom. The molecule has 5 heteroatoms. The van der Waals surface area contributed by atoms with Crippen molar-refractivity contribution >= 4 is 16.8 Å². The Bertz CT molecular complexity index is 1180. The van der Waals surface area contributed by atoms with E-state index in [-0.39, 0.29) is 23.9 Å². The van der Waals surface area contributed by atoms with Crippen LogP contribution in [0, 0.1) is 0 Å². The number of hydrogen-bond acceptors (Lipinski definition) is 3. The molecule has 4 rings (SSSR count). The van der Waals surface area contributed by atoms with Crippen LogP contribution in [0.3, 0.4) is 0 Å². The van der Waals surface area contributed by atoms with Gasteiger partial charge in [0.1, 0.15) is 5.82 Å². The van der Waals surface area contributed by atoms with Crippen LogP contribution in [0.2, 0.25) is 0 Å². The van der Waals surface area contributed by atoms with Crippen LogP contribution in [0.25, 0.3) is 10.9 Å². The summed E-state index contributed by atoms with van der Waals surface area (Å²) in [6.45, 7) is 2.74. The second kappa shape index (κ2) is 9.39. The Balaban J connectivity index is 1.58. The fourth-order valence-electron chi connectivity index (χ4n) is 3.87. The van der Waals surface area contributed by atoms with Crippen molar-refractivity contribution in [1.29, 1.82) is 0 Å². The first-order chi connectivity index (χ1) is 15.2. The van der Waals surface area contributed by atoms with Crippen LogP contribution in [0.1, 0.15) is 36.2 Å². The van der Waals surface area contributed by atoms with E-state index >= 15 is 0 Å². The van der Waals surface area contributed by atoms with Crippen molar-refractivity contribution < 1.29 is 4.79 Å². The highest BCUT2D eigenvalue weighted by molar-refractivity contribution is 5.78. The summed E-state index contributed by atoms with van der Waals surface area (Å²) in [6.07, 6.45) is 0.347. The van der Waals surface area contributed by atoms with Crippen LogP contribution >= 0.6 is 0 Å². The van der Waals surface area contributed by atoms with Gasteiger partial charge in [0.25, 0.3) is 5.56 Å². The number of fused-ring (bicyclic) bond motifs is 1. The Morgan fingerprint density at radius 1 is 0.903 bits per heavy atom. The summed E-state index contributed by atoms with van der Waals surface area (Å²) in [5, 5.41) is 0.550. The summed E-state index contributed by atoms with van der Waals surface area (Å²) >= 11 is 0. The molecule has 0 saturated carbocycles. The number of carbonyl (C=O) groups excluding carboxylic acids is 1. The topological polar surface area (TPSA) is 66.1 Å². The predicted molar refractivity (Wildman–Crippen MR) is 123 cm³/mol. The molecule has 1 aromatic heterocycles. The number of rotatable bonds is 7. The van der Waals surface area contributed by atoms with E-state index in [1.165, 1.54) is 0 Å². The molecule has 0 spiro atoms. The zero-order valence-corrected chi connectivity index (χ0v) is 17.5. The number of carbonyl (C=O) groups is 1. The molecule has 0 aliphatic rings. The Hall–Kier alpha value is -3.73. The van der Waals surface area contributed by atoms with Gasteiger partial charge in [-0.15, -0.1) is 0 Å². The minimum Gasteiger partial charge on any atom is -0.335 e. The molecule has 156 valence electrons. The predicted octanol–water partition coefficient (Wildman–Crippen LogP) is 4.49. The summed E-state index contributed by atoms with van der Waals surface area (Å²) in [4.78, 5) is 34.8. The molecule has 0 radical (unpaired) electrons. The van der Waals surface area contributed by atoms with Crippen molar-refractivity contribution in [1.82, 2.24) is 14.9 Å². The number of nitrogens with zero attached hydrogens (tertiary/aromatic N) is 2. The van der Waals surface area contributed by atoms with Crippen LogP contribution in [0.5, 0.6) is 0 Å². The molecule has 3 aromatic carbocycles. The second-order valence-corrected chi connectivity index (χ2v) is 7.52. The van der Waals surface area contributed by atoms with E-state index in [2.05, 4.69) is 34.2 Å². The smallest absolute Gasteiger partial charge is 0.258 e. The van der Waals surface area contributed by atoms with Crippen molar-refractivity contribution in [3.63, 3.8) is 0 Å². The lowest BCUT2D eigenvalue weighted by Crippen LogP contribution is -2.33. The summed E-state index contributed by atoms with van der Waals surface area (Å²) in [5.74, 6) is 0.485. The van der Waals surface area contributed by atoms with Gasteiger partial charge in [-0.2, -0.15) is 0 Å². The molecule has 0 fully saturated rings. The van der Waals surface area contributed by atoms with Gasteiger partial charge in [-0.05, 0) is 30.2 Å². The number of benzene rings is 3. The molecule has 0 unspecified atom stereocenters. The third-order valence-electron chi connectivity index (χ3n) is 5.52. The molecule has 0 saturated heterocycles. The average molecular weight is 412 g/mol. The van der Waals surface area contributed by atoms with E-state index in [4.69, 9.17) is 0 Å². The Kier molecular flexibility index (Phi) is 6.22. The van der Waals surface area contributed by atoms with Gasteiger partial charge in [-0.3, -0.25) is 9.59 Å². The van der Waals surface area contributed by atoms with Gasteiger partial charge in [0.2, 0.25) is 5.91 Å². The molecule has 1 amide bonds. The highest BCUT2D eigenvalue weighted by Gasteiger charge is 2.22. The highest BCUT2D eigenvalue weighted by atomic mass is 16.2. The maximum atomic E-state index is 13.3. The monoisotopic (exact) mass is 411 g/mol. The number of aromatic amines is 1. The van der Waals surface area contributed by atoms with Crippen molar-refractivity contribution in [3.05, 3.63) is 112 Å². The highest BCUT2D eigenvalue weighted by Crippen LogP contribution is 2.28.